The van der Waals surface area contributed by atoms with Crippen molar-refractivity contribution in [1.29, 1.82) is 0 Å². The van der Waals surface area contributed by atoms with Crippen LogP contribution >= 0.6 is 0 Å². The van der Waals surface area contributed by atoms with Crippen molar-refractivity contribution in [1.82, 2.24) is 4.98 Å². The summed E-state index contributed by atoms with van der Waals surface area (Å²) in [5, 5.41) is 0.746. The Kier molecular flexibility index (Phi) is 6.30. The zero-order valence-corrected chi connectivity index (χ0v) is 19.4. The average Bonchev–Trinajstić information content (AvgIpc) is 3.03. The zero-order chi connectivity index (χ0) is 23.0. The van der Waals surface area contributed by atoms with Gasteiger partial charge in [0.15, 0.2) is 17.3 Å². The van der Waals surface area contributed by atoms with Crippen molar-refractivity contribution >= 4 is 28.3 Å². The molecule has 1 N–H and O–H groups in total. The number of aryl methyl sites for hydroxylation is 1. The van der Waals surface area contributed by atoms with E-state index in [0.717, 1.165) is 16.6 Å². The number of hydrogen-bond acceptors (Lipinski definition) is 5. The summed E-state index contributed by atoms with van der Waals surface area (Å²) in [6, 6.07) is 3.67. The van der Waals surface area contributed by atoms with E-state index in [1.165, 1.54) is 0 Å². The first kappa shape index (κ1) is 23.0. The van der Waals surface area contributed by atoms with Gasteiger partial charge in [0.25, 0.3) is 0 Å². The van der Waals surface area contributed by atoms with E-state index in [-0.39, 0.29) is 30.2 Å². The van der Waals surface area contributed by atoms with E-state index >= 15 is 0 Å². The quantitative estimate of drug-likeness (QED) is 0.624. The van der Waals surface area contributed by atoms with Gasteiger partial charge in [-0.3, -0.25) is 14.4 Å². The van der Waals surface area contributed by atoms with Crippen LogP contribution in [-0.4, -0.2) is 35.5 Å². The average molecular weight is 428 g/mol. The molecule has 0 atom stereocenters. The third-order valence-electron chi connectivity index (χ3n) is 5.67. The summed E-state index contributed by atoms with van der Waals surface area (Å²) in [6.07, 6.45) is 1.10. The maximum atomic E-state index is 13.3. The fraction of sp³-hybridized carbons (Fsp3) is 0.560. The Hall–Kier alpha value is -2.63. The van der Waals surface area contributed by atoms with E-state index in [2.05, 4.69) is 4.98 Å². The molecule has 1 aliphatic heterocycles. The highest BCUT2D eigenvalue weighted by Crippen LogP contribution is 2.37. The summed E-state index contributed by atoms with van der Waals surface area (Å²) in [5.74, 6) is 1.34. The second-order valence-electron chi connectivity index (χ2n) is 10.3. The summed E-state index contributed by atoms with van der Waals surface area (Å²) in [5.41, 5.74) is 1.13. The lowest BCUT2D eigenvalue weighted by Crippen LogP contribution is -2.21. The molecule has 3 rings (SSSR count). The number of H-pyrrole nitrogens is 1. The van der Waals surface area contributed by atoms with Gasteiger partial charge in [0, 0.05) is 52.8 Å². The van der Waals surface area contributed by atoms with Gasteiger partial charge in [0.05, 0.1) is 5.52 Å². The van der Waals surface area contributed by atoms with Crippen molar-refractivity contribution in [2.75, 3.05) is 13.2 Å². The summed E-state index contributed by atoms with van der Waals surface area (Å²) in [4.78, 5) is 41.4. The normalized spacial score (nSPS) is 14.0. The molecule has 0 aliphatic carbocycles. The summed E-state index contributed by atoms with van der Waals surface area (Å²) in [7, 11) is 0. The van der Waals surface area contributed by atoms with E-state index in [4.69, 9.17) is 9.47 Å². The molecule has 0 fully saturated rings. The number of ether oxygens (including phenoxy) is 2. The Morgan fingerprint density at radius 3 is 1.97 bits per heavy atom. The molecule has 0 saturated carbocycles. The predicted octanol–water partition coefficient (Wildman–Crippen LogP) is 5.07. The highest BCUT2D eigenvalue weighted by Gasteiger charge is 2.27. The maximum absolute atomic E-state index is 13.3. The number of nitrogens with one attached hydrogen (secondary N) is 1. The molecular formula is C25H33NO5. The SMILES string of the molecule is CC(C)(C)C(=O)CCC(=O)c1c(CCC(=O)C(C)(C)C)[nH]c2cc3c(cc12)OCCO3. The number of aromatic amines is 1. The standard InChI is InChI=1S/C25H33NO5/c1-24(2,3)21(28)9-7-16-23(18(27)8-10-22(29)25(4,5)6)15-13-19-20(14-17(15)26-16)31-12-11-30-19/h13-14,26H,7-12H2,1-6H3. The summed E-state index contributed by atoms with van der Waals surface area (Å²) in [6.45, 7) is 12.2. The van der Waals surface area contributed by atoms with Crippen molar-refractivity contribution < 1.29 is 23.9 Å². The Labute approximate surface area is 183 Å². The van der Waals surface area contributed by atoms with Crippen LogP contribution in [0, 0.1) is 10.8 Å². The van der Waals surface area contributed by atoms with Crippen molar-refractivity contribution in [3.63, 3.8) is 0 Å². The Balaban J connectivity index is 1.95. The number of rotatable bonds is 7. The first-order valence-electron chi connectivity index (χ1n) is 10.9. The molecule has 1 aromatic carbocycles. The van der Waals surface area contributed by atoms with Gasteiger partial charge >= 0.3 is 0 Å². The van der Waals surface area contributed by atoms with Crippen LogP contribution in [0.5, 0.6) is 11.5 Å². The van der Waals surface area contributed by atoms with Crippen LogP contribution in [0.4, 0.5) is 0 Å². The van der Waals surface area contributed by atoms with Crippen LogP contribution in [0.25, 0.3) is 10.9 Å². The molecule has 0 unspecified atom stereocenters. The number of carbonyl (C=O) groups excluding carboxylic acids is 3. The Morgan fingerprint density at radius 2 is 1.39 bits per heavy atom. The van der Waals surface area contributed by atoms with Gasteiger partial charge in [-0.2, -0.15) is 0 Å². The second kappa shape index (κ2) is 8.48. The maximum Gasteiger partial charge on any atom is 0.165 e. The molecule has 2 aromatic rings. The van der Waals surface area contributed by atoms with Crippen LogP contribution in [0.2, 0.25) is 0 Å². The van der Waals surface area contributed by atoms with Crippen LogP contribution in [0.1, 0.15) is 76.9 Å². The van der Waals surface area contributed by atoms with Crippen LogP contribution in [0.3, 0.4) is 0 Å². The number of benzene rings is 1. The van der Waals surface area contributed by atoms with Crippen molar-refractivity contribution in [2.45, 2.75) is 67.2 Å². The van der Waals surface area contributed by atoms with Gasteiger partial charge in [-0.15, -0.1) is 0 Å². The van der Waals surface area contributed by atoms with E-state index in [9.17, 15) is 14.4 Å². The van der Waals surface area contributed by atoms with Gasteiger partial charge < -0.3 is 14.5 Å². The number of hydrogen-bond donors (Lipinski definition) is 1. The molecule has 0 amide bonds. The van der Waals surface area contributed by atoms with Crippen molar-refractivity contribution in [2.24, 2.45) is 10.8 Å². The minimum absolute atomic E-state index is 0.0549. The topological polar surface area (TPSA) is 85.5 Å². The highest BCUT2D eigenvalue weighted by molar-refractivity contribution is 6.11. The van der Waals surface area contributed by atoms with Gasteiger partial charge in [-0.05, 0) is 12.5 Å². The highest BCUT2D eigenvalue weighted by atomic mass is 16.6. The third-order valence-corrected chi connectivity index (χ3v) is 5.67. The molecule has 0 spiro atoms. The van der Waals surface area contributed by atoms with Gasteiger partial charge in [0.2, 0.25) is 0 Å². The lowest BCUT2D eigenvalue weighted by Gasteiger charge is -2.18. The Bertz CT molecular complexity index is 1020. The Morgan fingerprint density at radius 1 is 0.839 bits per heavy atom. The van der Waals surface area contributed by atoms with Crippen LogP contribution in [-0.2, 0) is 16.0 Å². The third kappa shape index (κ3) is 5.17. The number of aromatic nitrogens is 1. The van der Waals surface area contributed by atoms with Crippen LogP contribution in [0.15, 0.2) is 12.1 Å². The zero-order valence-electron chi connectivity index (χ0n) is 19.4. The molecule has 1 aromatic heterocycles. The molecule has 6 nitrogen and oxygen atoms in total. The number of fused-ring (bicyclic) bond motifs is 2. The minimum Gasteiger partial charge on any atom is -0.486 e. The fourth-order valence-electron chi connectivity index (χ4n) is 3.63. The first-order chi connectivity index (χ1) is 14.4. The lowest BCUT2D eigenvalue weighted by molar-refractivity contribution is -0.126. The van der Waals surface area contributed by atoms with Crippen molar-refractivity contribution in [3.8, 4) is 11.5 Å². The minimum atomic E-state index is -0.479. The van der Waals surface area contributed by atoms with E-state index in [1.54, 1.807) is 0 Å². The van der Waals surface area contributed by atoms with E-state index in [0.29, 0.717) is 43.1 Å². The van der Waals surface area contributed by atoms with E-state index in [1.807, 2.05) is 53.7 Å². The van der Waals surface area contributed by atoms with Crippen LogP contribution < -0.4 is 9.47 Å². The lowest BCUT2D eigenvalue weighted by atomic mass is 9.86. The molecule has 2 heterocycles. The fourth-order valence-corrected chi connectivity index (χ4v) is 3.63. The largest absolute Gasteiger partial charge is 0.486 e. The molecule has 0 bridgehead atoms. The molecular weight excluding hydrogens is 394 g/mol. The predicted molar refractivity (Wildman–Crippen MR) is 120 cm³/mol. The number of ketones is 3. The molecule has 31 heavy (non-hydrogen) atoms. The van der Waals surface area contributed by atoms with Gasteiger partial charge in [-0.1, -0.05) is 41.5 Å². The first-order valence-corrected chi connectivity index (χ1v) is 10.9. The molecule has 0 saturated heterocycles. The molecule has 168 valence electrons. The van der Waals surface area contributed by atoms with Gasteiger partial charge in [0.1, 0.15) is 24.8 Å². The molecule has 1 aliphatic rings. The monoisotopic (exact) mass is 427 g/mol. The summed E-state index contributed by atoms with van der Waals surface area (Å²) >= 11 is 0. The molecule has 0 radical (unpaired) electrons. The summed E-state index contributed by atoms with van der Waals surface area (Å²) < 4.78 is 11.4. The number of Topliss-reactive ketones (excluding diaryl/α,β-unsaturated/α-hetero) is 3. The molecule has 6 heteroatoms. The smallest absolute Gasteiger partial charge is 0.165 e. The number of carbonyl (C=O) groups is 3. The second-order valence-corrected chi connectivity index (χ2v) is 10.3. The van der Waals surface area contributed by atoms with E-state index < -0.39 is 10.8 Å². The van der Waals surface area contributed by atoms with Crippen molar-refractivity contribution in [3.05, 3.63) is 23.4 Å². The van der Waals surface area contributed by atoms with Gasteiger partial charge in [-0.25, -0.2) is 0 Å².